The molecule has 2 heterocycles. The molecule has 0 saturated carbocycles. The minimum Gasteiger partial charge on any atom is -0.494 e. The summed E-state index contributed by atoms with van der Waals surface area (Å²) in [5.41, 5.74) is 3.21. The summed E-state index contributed by atoms with van der Waals surface area (Å²) in [5.74, 6) is 2.90. The molecule has 1 fully saturated rings. The first-order valence-corrected chi connectivity index (χ1v) is 13.2. The van der Waals surface area contributed by atoms with Crippen LogP contribution in [0.3, 0.4) is 0 Å². The zero-order chi connectivity index (χ0) is 26.5. The summed E-state index contributed by atoms with van der Waals surface area (Å²) < 4.78 is 17.4. The number of carbonyl (C=O) groups excluding carboxylic acids is 1. The van der Waals surface area contributed by atoms with E-state index in [0.29, 0.717) is 37.3 Å². The highest BCUT2D eigenvalue weighted by Gasteiger charge is 2.18. The maximum absolute atomic E-state index is 12.0. The SMILES string of the molecule is CCOc1ccc2nc(-c3cccc(OCCN4CCOCC4C)c3)nc(NC3=CCC(=O)C(C)=C3)c2c1. The van der Waals surface area contributed by atoms with Crippen LogP contribution < -0.4 is 14.8 Å². The molecule has 8 heteroatoms. The minimum absolute atomic E-state index is 0.127. The fourth-order valence-corrected chi connectivity index (χ4v) is 4.65. The lowest BCUT2D eigenvalue weighted by Crippen LogP contribution is -2.45. The molecule has 8 nitrogen and oxygen atoms in total. The molecule has 5 rings (SSSR count). The van der Waals surface area contributed by atoms with Gasteiger partial charge in [0.05, 0.1) is 25.3 Å². The van der Waals surface area contributed by atoms with Crippen molar-refractivity contribution in [1.29, 1.82) is 0 Å². The normalized spacial score (nSPS) is 18.2. The van der Waals surface area contributed by atoms with E-state index in [0.717, 1.165) is 65.5 Å². The molecule has 0 radical (unpaired) electrons. The molecule has 2 aromatic carbocycles. The fraction of sp³-hybridized carbons (Fsp3) is 0.367. The third-order valence-electron chi connectivity index (χ3n) is 6.80. The first kappa shape index (κ1) is 25.9. The summed E-state index contributed by atoms with van der Waals surface area (Å²) in [5, 5.41) is 4.27. The molecule has 1 atom stereocenters. The van der Waals surface area contributed by atoms with E-state index in [1.807, 2.05) is 68.5 Å². The van der Waals surface area contributed by atoms with Crippen LogP contribution >= 0.6 is 0 Å². The predicted octanol–water partition coefficient (Wildman–Crippen LogP) is 5.01. The monoisotopic (exact) mass is 514 g/mol. The van der Waals surface area contributed by atoms with Crippen LogP contribution in [0.4, 0.5) is 5.82 Å². The standard InChI is InChI=1S/C30H34N4O4/c1-4-37-25-9-10-27-26(18-25)30(31-23-8-11-28(35)20(2)16-23)33-29(32-27)22-6-5-7-24(17-22)38-15-13-34-12-14-36-19-21(34)3/h5-10,16-18,21H,4,11-15,19H2,1-3H3,(H,31,32,33). The van der Waals surface area contributed by atoms with Crippen molar-refractivity contribution in [2.45, 2.75) is 33.2 Å². The van der Waals surface area contributed by atoms with Crippen LogP contribution in [0.25, 0.3) is 22.3 Å². The minimum atomic E-state index is 0.127. The van der Waals surface area contributed by atoms with Gasteiger partial charge in [-0.3, -0.25) is 9.69 Å². The van der Waals surface area contributed by atoms with Crippen LogP contribution in [0.2, 0.25) is 0 Å². The molecule has 198 valence electrons. The molecular weight excluding hydrogens is 480 g/mol. The van der Waals surface area contributed by atoms with Gasteiger partial charge in [0.15, 0.2) is 11.6 Å². The molecule has 38 heavy (non-hydrogen) atoms. The highest BCUT2D eigenvalue weighted by Crippen LogP contribution is 2.31. The molecule has 0 spiro atoms. The molecule has 0 amide bonds. The van der Waals surface area contributed by atoms with E-state index in [1.54, 1.807) is 0 Å². The number of aromatic nitrogens is 2. The second-order valence-electron chi connectivity index (χ2n) is 9.58. The zero-order valence-corrected chi connectivity index (χ0v) is 22.2. The Kier molecular flexibility index (Phi) is 8.00. The Morgan fingerprint density at radius 2 is 2.00 bits per heavy atom. The van der Waals surface area contributed by atoms with Crippen LogP contribution in [0, 0.1) is 0 Å². The van der Waals surface area contributed by atoms with Gasteiger partial charge in [0.2, 0.25) is 0 Å². The van der Waals surface area contributed by atoms with Crippen molar-refractivity contribution < 1.29 is 19.0 Å². The molecule has 1 aliphatic heterocycles. The van der Waals surface area contributed by atoms with E-state index in [9.17, 15) is 4.79 Å². The number of rotatable bonds is 9. The number of Topliss-reactive ketones (excluding diaryl/α,β-unsaturated/α-hetero) is 1. The van der Waals surface area contributed by atoms with Crippen LogP contribution in [0.1, 0.15) is 27.2 Å². The highest BCUT2D eigenvalue weighted by atomic mass is 16.5. The van der Waals surface area contributed by atoms with Gasteiger partial charge < -0.3 is 19.5 Å². The number of benzene rings is 2. The third kappa shape index (κ3) is 6.03. The van der Waals surface area contributed by atoms with Gasteiger partial charge in [0.25, 0.3) is 0 Å². The number of nitrogens with one attached hydrogen (secondary N) is 1. The van der Waals surface area contributed by atoms with Gasteiger partial charge in [0, 0.05) is 42.2 Å². The van der Waals surface area contributed by atoms with Gasteiger partial charge >= 0.3 is 0 Å². The van der Waals surface area contributed by atoms with Gasteiger partial charge in [-0.2, -0.15) is 0 Å². The number of hydrogen-bond donors (Lipinski definition) is 1. The Hall–Kier alpha value is -3.75. The van der Waals surface area contributed by atoms with E-state index >= 15 is 0 Å². The van der Waals surface area contributed by atoms with Gasteiger partial charge in [-0.25, -0.2) is 9.97 Å². The van der Waals surface area contributed by atoms with E-state index in [-0.39, 0.29) is 5.78 Å². The van der Waals surface area contributed by atoms with E-state index in [4.69, 9.17) is 24.2 Å². The van der Waals surface area contributed by atoms with Crippen molar-refractivity contribution in [2.24, 2.45) is 0 Å². The van der Waals surface area contributed by atoms with Crippen molar-refractivity contribution in [3.05, 3.63) is 65.9 Å². The number of ketones is 1. The maximum atomic E-state index is 12.0. The molecule has 1 saturated heterocycles. The smallest absolute Gasteiger partial charge is 0.162 e. The lowest BCUT2D eigenvalue weighted by Gasteiger charge is -2.32. The number of anilines is 1. The first-order chi connectivity index (χ1) is 18.5. The molecule has 1 N–H and O–H groups in total. The van der Waals surface area contributed by atoms with Crippen LogP contribution in [0.5, 0.6) is 11.5 Å². The number of nitrogens with zero attached hydrogens (tertiary/aromatic N) is 3. The lowest BCUT2D eigenvalue weighted by atomic mass is 10.0. The molecular formula is C30H34N4O4. The van der Waals surface area contributed by atoms with Crippen LogP contribution in [0.15, 0.2) is 65.9 Å². The van der Waals surface area contributed by atoms with E-state index in [2.05, 4.69) is 17.1 Å². The van der Waals surface area contributed by atoms with E-state index < -0.39 is 0 Å². The number of morpholine rings is 1. The summed E-state index contributed by atoms with van der Waals surface area (Å²) in [7, 11) is 0. The zero-order valence-electron chi connectivity index (χ0n) is 22.2. The second-order valence-corrected chi connectivity index (χ2v) is 9.58. The Labute approximate surface area is 223 Å². The Morgan fingerprint density at radius 1 is 1.13 bits per heavy atom. The summed E-state index contributed by atoms with van der Waals surface area (Å²) in [6.45, 7) is 10.4. The molecule has 1 aromatic heterocycles. The molecule has 1 unspecified atom stereocenters. The van der Waals surface area contributed by atoms with Gasteiger partial charge in [-0.05, 0) is 62.8 Å². The second kappa shape index (κ2) is 11.8. The highest BCUT2D eigenvalue weighted by molar-refractivity contribution is 5.98. The average molecular weight is 515 g/mol. The summed E-state index contributed by atoms with van der Waals surface area (Å²) in [4.78, 5) is 24.1. The van der Waals surface area contributed by atoms with Crippen molar-refractivity contribution in [1.82, 2.24) is 14.9 Å². The Bertz CT molecular complexity index is 1380. The van der Waals surface area contributed by atoms with Crippen molar-refractivity contribution in [3.8, 4) is 22.9 Å². The predicted molar refractivity (Wildman–Crippen MR) is 149 cm³/mol. The molecule has 1 aliphatic carbocycles. The average Bonchev–Trinajstić information content (AvgIpc) is 2.92. The fourth-order valence-electron chi connectivity index (χ4n) is 4.65. The van der Waals surface area contributed by atoms with Crippen LogP contribution in [-0.4, -0.2) is 66.2 Å². The lowest BCUT2D eigenvalue weighted by molar-refractivity contribution is -0.114. The first-order valence-electron chi connectivity index (χ1n) is 13.2. The summed E-state index contributed by atoms with van der Waals surface area (Å²) >= 11 is 0. The third-order valence-corrected chi connectivity index (χ3v) is 6.80. The molecule has 2 aliphatic rings. The Balaban J connectivity index is 1.41. The largest absolute Gasteiger partial charge is 0.494 e. The molecule has 3 aromatic rings. The number of carbonyl (C=O) groups is 1. The van der Waals surface area contributed by atoms with Gasteiger partial charge in [0.1, 0.15) is 23.9 Å². The van der Waals surface area contributed by atoms with Crippen molar-refractivity contribution >= 4 is 22.5 Å². The van der Waals surface area contributed by atoms with Crippen molar-refractivity contribution in [2.75, 3.05) is 44.8 Å². The topological polar surface area (TPSA) is 85.8 Å². The summed E-state index contributed by atoms with van der Waals surface area (Å²) in [6, 6.07) is 14.1. The Morgan fingerprint density at radius 3 is 2.82 bits per heavy atom. The quantitative estimate of drug-likeness (QED) is 0.427. The maximum Gasteiger partial charge on any atom is 0.162 e. The number of ether oxygens (including phenoxy) is 3. The summed E-state index contributed by atoms with van der Waals surface area (Å²) in [6.07, 6.45) is 4.11. The van der Waals surface area contributed by atoms with Gasteiger partial charge in [-0.15, -0.1) is 0 Å². The van der Waals surface area contributed by atoms with Gasteiger partial charge in [-0.1, -0.05) is 18.2 Å². The number of fused-ring (bicyclic) bond motifs is 1. The number of allylic oxidation sites excluding steroid dienone is 3. The van der Waals surface area contributed by atoms with Crippen molar-refractivity contribution in [3.63, 3.8) is 0 Å². The van der Waals surface area contributed by atoms with E-state index in [1.165, 1.54) is 0 Å². The molecule has 0 bridgehead atoms. The number of hydrogen-bond acceptors (Lipinski definition) is 8. The van der Waals surface area contributed by atoms with Crippen LogP contribution in [-0.2, 0) is 9.53 Å².